The van der Waals surface area contributed by atoms with Crippen molar-refractivity contribution in [3.8, 4) is 5.75 Å². The summed E-state index contributed by atoms with van der Waals surface area (Å²) in [5.74, 6) is 3.10. The zero-order valence-corrected chi connectivity index (χ0v) is 27.8. The number of esters is 1. The molecule has 0 bridgehead atoms. The number of benzene rings is 3. The van der Waals surface area contributed by atoms with Crippen LogP contribution in [0.3, 0.4) is 0 Å². The van der Waals surface area contributed by atoms with Gasteiger partial charge in [-0.05, 0) is 71.4 Å². The lowest BCUT2D eigenvalue weighted by Crippen LogP contribution is -2.33. The molecule has 7 heteroatoms. The topological polar surface area (TPSA) is 56.6 Å². The maximum absolute atomic E-state index is 12.2. The molecule has 0 spiro atoms. The highest BCUT2D eigenvalue weighted by Crippen LogP contribution is 2.33. The first kappa shape index (κ1) is 32.6. The van der Waals surface area contributed by atoms with E-state index in [1.807, 2.05) is 37.0 Å². The molecule has 0 N–H and O–H groups in total. The van der Waals surface area contributed by atoms with Gasteiger partial charge in [-0.2, -0.15) is 0 Å². The van der Waals surface area contributed by atoms with Crippen LogP contribution >= 0.6 is 11.8 Å². The summed E-state index contributed by atoms with van der Waals surface area (Å²) in [7, 11) is 3.46. The monoisotopic (exact) mass is 623 g/mol. The minimum Gasteiger partial charge on any atom is -0.489 e. The number of para-hydroxylation sites is 2. The van der Waals surface area contributed by atoms with Gasteiger partial charge in [0.2, 0.25) is 0 Å². The molecule has 2 heterocycles. The number of aromatic nitrogens is 2. The minimum absolute atomic E-state index is 0.212. The average molecular weight is 624 g/mol. The zero-order valence-electron chi connectivity index (χ0n) is 27.0. The number of carbonyl (C=O) groups is 1. The molecule has 0 saturated carbocycles. The molecule has 0 aliphatic carbocycles. The molecule has 45 heavy (non-hydrogen) atoms. The van der Waals surface area contributed by atoms with Crippen molar-refractivity contribution in [2.75, 3.05) is 26.0 Å². The fourth-order valence-corrected chi connectivity index (χ4v) is 6.92. The Balaban J connectivity index is 1.18. The molecule has 1 aromatic heterocycles. The number of methoxy groups -OCH3 is 1. The van der Waals surface area contributed by atoms with Gasteiger partial charge >= 0.3 is 5.97 Å². The number of hydrogen-bond donors (Lipinski definition) is 0. The average Bonchev–Trinajstić information content (AvgIpc) is 3.39. The summed E-state index contributed by atoms with van der Waals surface area (Å²) in [4.78, 5) is 20.4. The number of ether oxygens (including phenoxy) is 2. The number of carbonyl (C=O) groups excluding carboxylic acids is 1. The first-order valence-electron chi connectivity index (χ1n) is 16.0. The largest absolute Gasteiger partial charge is 0.489 e. The highest BCUT2D eigenvalue weighted by atomic mass is 32.2. The lowest BCUT2D eigenvalue weighted by atomic mass is 9.90. The summed E-state index contributed by atoms with van der Waals surface area (Å²) in [5, 5.41) is 0. The van der Waals surface area contributed by atoms with Gasteiger partial charge in [-0.3, -0.25) is 9.69 Å². The quantitative estimate of drug-likeness (QED) is 0.124. The number of rotatable bonds is 15. The molecule has 4 aromatic rings. The third-order valence-electron chi connectivity index (χ3n) is 8.41. The number of allylic oxidation sites excluding steroid dienone is 2. The number of nitrogens with zero attached hydrogens (tertiary/aromatic N) is 3. The van der Waals surface area contributed by atoms with Gasteiger partial charge in [-0.15, -0.1) is 11.8 Å². The van der Waals surface area contributed by atoms with E-state index in [9.17, 15) is 4.79 Å². The molecule has 0 radical (unpaired) electrons. The first-order chi connectivity index (χ1) is 22.0. The molecule has 0 saturated heterocycles. The molecular formula is C38H45N3O3S. The summed E-state index contributed by atoms with van der Waals surface area (Å²) < 4.78 is 13.2. The molecule has 5 rings (SSSR count). The van der Waals surface area contributed by atoms with Crippen molar-refractivity contribution in [2.45, 2.75) is 58.6 Å². The third-order valence-corrected chi connectivity index (χ3v) is 9.60. The van der Waals surface area contributed by atoms with E-state index in [0.29, 0.717) is 25.6 Å². The molecule has 1 aliphatic rings. The Bertz CT molecular complexity index is 1620. The van der Waals surface area contributed by atoms with E-state index in [1.165, 1.54) is 54.4 Å². The Morgan fingerprint density at radius 3 is 2.33 bits per heavy atom. The van der Waals surface area contributed by atoms with E-state index in [2.05, 4.69) is 90.1 Å². The number of imidazole rings is 1. The van der Waals surface area contributed by atoms with Crippen molar-refractivity contribution >= 4 is 33.7 Å². The van der Waals surface area contributed by atoms with E-state index in [-0.39, 0.29) is 12.5 Å². The number of hydrogen-bond acceptors (Lipinski definition) is 6. The van der Waals surface area contributed by atoms with Crippen LogP contribution in [0.5, 0.6) is 5.75 Å². The number of thioether (sulfide) groups is 1. The number of fused-ring (bicyclic) bond motifs is 1. The van der Waals surface area contributed by atoms with Gasteiger partial charge in [0.05, 0.1) is 31.2 Å². The second kappa shape index (κ2) is 16.0. The SMILES string of the molecule is CCCC(CCC)c1ccc(OCc2ccc(C3=CC=C(CN(CC(=O)OC)Cc4nc5ccccc5n4C)CS3)cc2)cc1. The minimum atomic E-state index is -0.247. The lowest BCUT2D eigenvalue weighted by Gasteiger charge is -2.24. The molecule has 0 unspecified atom stereocenters. The zero-order chi connectivity index (χ0) is 31.6. The molecule has 236 valence electrons. The fourth-order valence-electron chi connectivity index (χ4n) is 5.92. The summed E-state index contributed by atoms with van der Waals surface area (Å²) in [6, 6.07) is 25.4. The third kappa shape index (κ3) is 8.68. The molecule has 1 aliphatic heterocycles. The van der Waals surface area contributed by atoms with Crippen molar-refractivity contribution in [3.63, 3.8) is 0 Å². The molecule has 0 amide bonds. The highest BCUT2D eigenvalue weighted by molar-refractivity contribution is 8.08. The Morgan fingerprint density at radius 1 is 0.956 bits per heavy atom. The molecule has 0 fully saturated rings. The summed E-state index contributed by atoms with van der Waals surface area (Å²) in [5.41, 5.74) is 7.08. The summed E-state index contributed by atoms with van der Waals surface area (Å²) >= 11 is 1.83. The lowest BCUT2D eigenvalue weighted by molar-refractivity contribution is -0.142. The summed E-state index contributed by atoms with van der Waals surface area (Å²) in [6.07, 6.45) is 9.29. The normalized spacial score (nSPS) is 13.3. The number of aryl methyl sites for hydroxylation is 1. The van der Waals surface area contributed by atoms with Crippen molar-refractivity contribution < 1.29 is 14.3 Å². The van der Waals surface area contributed by atoms with Crippen molar-refractivity contribution in [2.24, 2.45) is 7.05 Å². The maximum Gasteiger partial charge on any atom is 0.319 e. The Morgan fingerprint density at radius 2 is 1.69 bits per heavy atom. The van der Waals surface area contributed by atoms with E-state index in [0.717, 1.165) is 33.9 Å². The highest BCUT2D eigenvalue weighted by Gasteiger charge is 2.19. The van der Waals surface area contributed by atoms with Gasteiger partial charge in [0.25, 0.3) is 0 Å². The summed E-state index contributed by atoms with van der Waals surface area (Å²) in [6.45, 7) is 6.52. The van der Waals surface area contributed by atoms with Crippen LogP contribution in [-0.2, 0) is 29.7 Å². The van der Waals surface area contributed by atoms with Gasteiger partial charge in [0.1, 0.15) is 18.2 Å². The molecule has 3 aromatic carbocycles. The van der Waals surface area contributed by atoms with Gasteiger partial charge in [-0.1, -0.05) is 81.3 Å². The van der Waals surface area contributed by atoms with Crippen molar-refractivity contribution in [1.82, 2.24) is 14.5 Å². The maximum atomic E-state index is 12.2. The standard InChI is InChI=1S/C38H45N3O3S/c1-5-9-30(10-6-2)31-18-20-33(21-19-31)44-26-28-13-16-32(17-14-28)36-22-15-29(27-45-36)23-41(25-38(42)43-4)24-37-39-34-11-7-8-12-35(34)40(37)3/h7-8,11-22,30H,5-6,9-10,23-27H2,1-4H3. The second-order valence-corrected chi connectivity index (χ2v) is 12.8. The predicted octanol–water partition coefficient (Wildman–Crippen LogP) is 8.53. The van der Waals surface area contributed by atoms with Crippen LogP contribution in [0.2, 0.25) is 0 Å². The van der Waals surface area contributed by atoms with Crippen molar-refractivity contribution in [1.29, 1.82) is 0 Å². The molecule has 6 nitrogen and oxygen atoms in total. The van der Waals surface area contributed by atoms with Crippen LogP contribution in [0.15, 0.2) is 90.5 Å². The van der Waals surface area contributed by atoms with Crippen LogP contribution in [0, 0.1) is 0 Å². The van der Waals surface area contributed by atoms with E-state index < -0.39 is 0 Å². The van der Waals surface area contributed by atoms with Crippen LogP contribution in [0.1, 0.15) is 68.0 Å². The smallest absolute Gasteiger partial charge is 0.319 e. The van der Waals surface area contributed by atoms with Crippen LogP contribution in [-0.4, -0.2) is 46.4 Å². The fraction of sp³-hybridized carbons (Fsp3) is 0.368. The first-order valence-corrected chi connectivity index (χ1v) is 17.0. The molecular weight excluding hydrogens is 579 g/mol. The van der Waals surface area contributed by atoms with Crippen LogP contribution in [0.4, 0.5) is 0 Å². The van der Waals surface area contributed by atoms with E-state index in [4.69, 9.17) is 14.5 Å². The van der Waals surface area contributed by atoms with Gasteiger partial charge < -0.3 is 14.0 Å². The van der Waals surface area contributed by atoms with Crippen molar-refractivity contribution in [3.05, 3.63) is 113 Å². The van der Waals surface area contributed by atoms with Gasteiger partial charge in [0.15, 0.2) is 0 Å². The second-order valence-electron chi connectivity index (χ2n) is 11.8. The Labute approximate surface area is 272 Å². The predicted molar refractivity (Wildman–Crippen MR) is 186 cm³/mol. The Hall–Kier alpha value is -3.81. The van der Waals surface area contributed by atoms with E-state index >= 15 is 0 Å². The van der Waals surface area contributed by atoms with Crippen LogP contribution in [0.25, 0.3) is 15.9 Å². The van der Waals surface area contributed by atoms with E-state index in [1.54, 1.807) is 0 Å². The van der Waals surface area contributed by atoms with Gasteiger partial charge in [0, 0.05) is 24.3 Å². The van der Waals surface area contributed by atoms with Gasteiger partial charge in [-0.25, -0.2) is 4.98 Å². The van der Waals surface area contributed by atoms with Crippen LogP contribution < -0.4 is 4.74 Å². The Kier molecular flexibility index (Phi) is 11.6. The molecule has 0 atom stereocenters.